The maximum atomic E-state index is 11.6. The minimum Gasteiger partial charge on any atom is -0.507 e. The first-order chi connectivity index (χ1) is 18.0. The van der Waals surface area contributed by atoms with Crippen LogP contribution in [0.2, 0.25) is 0 Å². The number of phenols is 1. The first-order valence-corrected chi connectivity index (χ1v) is 13.9. The van der Waals surface area contributed by atoms with Crippen LogP contribution in [0.3, 0.4) is 0 Å². The predicted octanol–water partition coefficient (Wildman–Crippen LogP) is 8.85. The van der Waals surface area contributed by atoms with Gasteiger partial charge in [0.1, 0.15) is 17.2 Å². The number of ether oxygens (including phenoxy) is 2. The second kappa shape index (κ2) is 8.40. The summed E-state index contributed by atoms with van der Waals surface area (Å²) in [6.07, 6.45) is 12.8. The number of rotatable bonds is 3. The number of methoxy groups -OCH3 is 2. The quantitative estimate of drug-likeness (QED) is 0.384. The lowest BCUT2D eigenvalue weighted by Crippen LogP contribution is -2.46. The molecule has 3 nitrogen and oxygen atoms in total. The molecule has 0 amide bonds. The van der Waals surface area contributed by atoms with Gasteiger partial charge in [0.2, 0.25) is 0 Å². The molecule has 2 unspecified atom stereocenters. The van der Waals surface area contributed by atoms with Gasteiger partial charge in [0.05, 0.1) is 14.2 Å². The third kappa shape index (κ3) is 3.69. The van der Waals surface area contributed by atoms with Crippen LogP contribution in [0.4, 0.5) is 0 Å². The van der Waals surface area contributed by atoms with Gasteiger partial charge in [-0.3, -0.25) is 0 Å². The van der Waals surface area contributed by atoms with Crippen LogP contribution in [-0.4, -0.2) is 19.3 Å². The Labute approximate surface area is 227 Å². The summed E-state index contributed by atoms with van der Waals surface area (Å²) in [4.78, 5) is 0. The SMILES string of the molecule is COc1ccc(-c2cc3c(O)cc4c(c3cc2C)C2C=CC=CC2C42CC(C)(C)CC(C)(C)C2)c(OC)c1. The van der Waals surface area contributed by atoms with Crippen LogP contribution in [0.5, 0.6) is 17.2 Å². The van der Waals surface area contributed by atoms with E-state index in [0.717, 1.165) is 40.9 Å². The largest absolute Gasteiger partial charge is 0.507 e. The number of phenolic OH excluding ortho intramolecular Hbond substituents is 1. The van der Waals surface area contributed by atoms with E-state index >= 15 is 0 Å². The standard InChI is InChI=1S/C35H40O3/c1-21-14-27-26(16-25(21)23-13-12-22(37-6)15-31(23)38-7)30(36)17-29-32(27)24-10-8-9-11-28(24)35(29)19-33(2,3)18-34(4,5)20-35/h8-17,24,28,36H,18-20H2,1-7H3. The van der Waals surface area contributed by atoms with Gasteiger partial charge in [0.25, 0.3) is 0 Å². The Hall–Kier alpha value is -3.20. The molecular formula is C35H40O3. The molecule has 0 aliphatic heterocycles. The molecule has 1 N–H and O–H groups in total. The average molecular weight is 509 g/mol. The first kappa shape index (κ1) is 25.1. The highest BCUT2D eigenvalue weighted by atomic mass is 16.5. The van der Waals surface area contributed by atoms with Gasteiger partial charge in [-0.2, -0.15) is 0 Å². The molecule has 1 fully saturated rings. The number of aromatic hydroxyl groups is 1. The zero-order valence-corrected chi connectivity index (χ0v) is 23.8. The highest BCUT2D eigenvalue weighted by molar-refractivity contribution is 5.98. The van der Waals surface area contributed by atoms with Crippen LogP contribution in [0, 0.1) is 23.7 Å². The summed E-state index contributed by atoms with van der Waals surface area (Å²) in [5.41, 5.74) is 6.50. The molecule has 3 aromatic rings. The van der Waals surface area contributed by atoms with Crippen molar-refractivity contribution in [1.82, 2.24) is 0 Å². The maximum absolute atomic E-state index is 11.6. The van der Waals surface area contributed by atoms with Crippen molar-refractivity contribution in [3.05, 3.63) is 77.4 Å². The molecule has 198 valence electrons. The Morgan fingerprint density at radius 3 is 2.18 bits per heavy atom. The zero-order chi connectivity index (χ0) is 27.0. The molecule has 1 saturated carbocycles. The Balaban J connectivity index is 1.61. The fraction of sp³-hybridized carbons (Fsp3) is 0.429. The van der Waals surface area contributed by atoms with Crippen molar-refractivity contribution in [1.29, 1.82) is 0 Å². The predicted molar refractivity (Wildman–Crippen MR) is 156 cm³/mol. The lowest BCUT2D eigenvalue weighted by molar-refractivity contribution is 0.0270. The van der Waals surface area contributed by atoms with Crippen molar-refractivity contribution >= 4 is 10.8 Å². The van der Waals surface area contributed by atoms with Crippen LogP contribution in [0.25, 0.3) is 21.9 Å². The molecule has 6 rings (SSSR count). The lowest BCUT2D eigenvalue weighted by atomic mass is 9.50. The molecular weight excluding hydrogens is 468 g/mol. The van der Waals surface area contributed by atoms with Crippen molar-refractivity contribution in [3.8, 4) is 28.4 Å². The highest BCUT2D eigenvalue weighted by Crippen LogP contribution is 2.66. The second-order valence-electron chi connectivity index (χ2n) is 13.5. The Kier molecular flexibility index (Phi) is 5.55. The molecule has 3 aromatic carbocycles. The maximum Gasteiger partial charge on any atom is 0.130 e. The Morgan fingerprint density at radius 1 is 0.789 bits per heavy atom. The average Bonchev–Trinajstić information content (AvgIpc) is 3.10. The minimum absolute atomic E-state index is 0.0178. The summed E-state index contributed by atoms with van der Waals surface area (Å²) in [6, 6.07) is 12.5. The highest BCUT2D eigenvalue weighted by Gasteiger charge is 2.58. The van der Waals surface area contributed by atoms with Gasteiger partial charge in [-0.1, -0.05) is 58.1 Å². The summed E-state index contributed by atoms with van der Waals surface area (Å²) in [5, 5.41) is 13.7. The van der Waals surface area contributed by atoms with Crippen molar-refractivity contribution in [2.75, 3.05) is 14.2 Å². The molecule has 0 radical (unpaired) electrons. The molecule has 0 aromatic heterocycles. The van der Waals surface area contributed by atoms with Gasteiger partial charge < -0.3 is 14.6 Å². The van der Waals surface area contributed by atoms with Crippen molar-refractivity contribution in [2.45, 2.75) is 65.2 Å². The van der Waals surface area contributed by atoms with Crippen LogP contribution in [0.15, 0.2) is 60.7 Å². The molecule has 0 heterocycles. The number of allylic oxidation sites excluding steroid dienone is 4. The third-order valence-corrected chi connectivity index (χ3v) is 9.39. The van der Waals surface area contributed by atoms with E-state index in [0.29, 0.717) is 17.6 Å². The zero-order valence-electron chi connectivity index (χ0n) is 23.8. The summed E-state index contributed by atoms with van der Waals surface area (Å²) in [5.74, 6) is 2.63. The fourth-order valence-corrected chi connectivity index (χ4v) is 8.87. The topological polar surface area (TPSA) is 38.7 Å². The normalized spacial score (nSPS) is 23.9. The van der Waals surface area contributed by atoms with Gasteiger partial charge >= 0.3 is 0 Å². The van der Waals surface area contributed by atoms with Gasteiger partial charge in [-0.25, -0.2) is 0 Å². The fourth-order valence-electron chi connectivity index (χ4n) is 8.87. The number of hydrogen-bond acceptors (Lipinski definition) is 3. The van der Waals surface area contributed by atoms with E-state index in [2.05, 4.69) is 77.1 Å². The molecule has 0 saturated heterocycles. The Morgan fingerprint density at radius 2 is 1.50 bits per heavy atom. The molecule has 2 atom stereocenters. The van der Waals surface area contributed by atoms with Crippen LogP contribution in [0.1, 0.15) is 69.6 Å². The van der Waals surface area contributed by atoms with Gasteiger partial charge in [-0.05, 0) is 94.8 Å². The van der Waals surface area contributed by atoms with Crippen LogP contribution < -0.4 is 9.47 Å². The van der Waals surface area contributed by atoms with E-state index in [1.54, 1.807) is 14.2 Å². The Bertz CT molecular complexity index is 1490. The van der Waals surface area contributed by atoms with E-state index in [-0.39, 0.29) is 16.2 Å². The molecule has 0 bridgehead atoms. The smallest absolute Gasteiger partial charge is 0.130 e. The first-order valence-electron chi connectivity index (χ1n) is 13.9. The number of aryl methyl sites for hydroxylation is 1. The second-order valence-corrected chi connectivity index (χ2v) is 13.5. The van der Waals surface area contributed by atoms with Gasteiger partial charge in [0, 0.05) is 28.3 Å². The van der Waals surface area contributed by atoms with E-state index in [1.807, 2.05) is 18.2 Å². The monoisotopic (exact) mass is 508 g/mol. The number of hydrogen-bond donors (Lipinski definition) is 1. The summed E-state index contributed by atoms with van der Waals surface area (Å²) in [6.45, 7) is 11.9. The van der Waals surface area contributed by atoms with Crippen LogP contribution >= 0.6 is 0 Å². The van der Waals surface area contributed by atoms with Gasteiger partial charge in [0.15, 0.2) is 0 Å². The lowest BCUT2D eigenvalue weighted by Gasteiger charge is -2.53. The van der Waals surface area contributed by atoms with Crippen molar-refractivity contribution in [3.63, 3.8) is 0 Å². The van der Waals surface area contributed by atoms with E-state index in [1.165, 1.54) is 28.5 Å². The van der Waals surface area contributed by atoms with Crippen molar-refractivity contribution in [2.24, 2.45) is 16.7 Å². The molecule has 38 heavy (non-hydrogen) atoms. The van der Waals surface area contributed by atoms with E-state index < -0.39 is 0 Å². The summed E-state index contributed by atoms with van der Waals surface area (Å²) >= 11 is 0. The minimum atomic E-state index is 0.0178. The van der Waals surface area contributed by atoms with E-state index in [9.17, 15) is 5.11 Å². The molecule has 3 aliphatic carbocycles. The van der Waals surface area contributed by atoms with Gasteiger partial charge in [-0.15, -0.1) is 0 Å². The third-order valence-electron chi connectivity index (χ3n) is 9.39. The van der Waals surface area contributed by atoms with Crippen LogP contribution in [-0.2, 0) is 5.41 Å². The van der Waals surface area contributed by atoms with Crippen molar-refractivity contribution < 1.29 is 14.6 Å². The summed E-state index contributed by atoms with van der Waals surface area (Å²) < 4.78 is 11.2. The number of fused-ring (bicyclic) bond motifs is 7. The molecule has 1 spiro atoms. The van der Waals surface area contributed by atoms with E-state index in [4.69, 9.17) is 9.47 Å². The molecule has 3 heteroatoms. The number of benzene rings is 3. The summed E-state index contributed by atoms with van der Waals surface area (Å²) in [7, 11) is 3.35. The molecule has 3 aliphatic rings.